The van der Waals surface area contributed by atoms with E-state index >= 15 is 0 Å². The number of hydrogen-bond donors (Lipinski definition) is 0. The number of carbonyl (C=O) groups excluding carboxylic acids is 1. The molecule has 6 heteroatoms. The maximum Gasteiger partial charge on any atom is 0.338 e. The number of rotatable bonds is 7. The second kappa shape index (κ2) is 7.58. The summed E-state index contributed by atoms with van der Waals surface area (Å²) in [5.41, 5.74) is -1.39. The summed E-state index contributed by atoms with van der Waals surface area (Å²) in [6, 6.07) is 3.05. The van der Waals surface area contributed by atoms with E-state index in [1.54, 1.807) is 0 Å². The third kappa shape index (κ3) is 4.01. The molecule has 2 atom stereocenters. The molecule has 0 spiro atoms. The number of carbonyl (C=O) groups is 1. The highest BCUT2D eigenvalue weighted by Gasteiger charge is 2.65. The fourth-order valence-electron chi connectivity index (χ4n) is 4.41. The molecule has 4 nitrogen and oxygen atoms in total. The van der Waals surface area contributed by atoms with Crippen LogP contribution < -0.4 is 0 Å². The maximum atomic E-state index is 13.3. The zero-order valence-corrected chi connectivity index (χ0v) is 21.8. The van der Waals surface area contributed by atoms with Crippen LogP contribution in [0.3, 0.4) is 0 Å². The molecule has 1 aliphatic heterocycles. The van der Waals surface area contributed by atoms with E-state index in [1.165, 1.54) is 0 Å². The first kappa shape index (κ1) is 23.7. The number of fused-ring (bicyclic) bond motifs is 1. The Morgan fingerprint density at radius 2 is 1.68 bits per heavy atom. The van der Waals surface area contributed by atoms with Crippen LogP contribution in [-0.4, -0.2) is 33.8 Å². The summed E-state index contributed by atoms with van der Waals surface area (Å²) >= 11 is 0. The minimum atomic E-state index is -2.00. The van der Waals surface area contributed by atoms with Crippen LogP contribution in [0.5, 0.6) is 0 Å². The summed E-state index contributed by atoms with van der Waals surface area (Å²) in [7, 11) is -3.98. The molecule has 1 heterocycles. The van der Waals surface area contributed by atoms with Crippen molar-refractivity contribution in [2.24, 2.45) is 5.92 Å². The molecule has 0 aromatic rings. The summed E-state index contributed by atoms with van der Waals surface area (Å²) < 4.78 is 19.5. The quantitative estimate of drug-likeness (QED) is 0.349. The maximum absolute atomic E-state index is 13.3. The second-order valence-corrected chi connectivity index (χ2v) is 20.1. The molecule has 1 saturated heterocycles. The number of ether oxygens (including phenoxy) is 1. The van der Waals surface area contributed by atoms with Crippen LogP contribution in [0.4, 0.5) is 0 Å². The Hall–Kier alpha value is -0.596. The van der Waals surface area contributed by atoms with Crippen molar-refractivity contribution in [1.82, 2.24) is 0 Å². The molecule has 0 bridgehead atoms. The lowest BCUT2D eigenvalue weighted by molar-refractivity contribution is -0.157. The van der Waals surface area contributed by atoms with Gasteiger partial charge in [-0.05, 0) is 62.6 Å². The van der Waals surface area contributed by atoms with Gasteiger partial charge in [-0.1, -0.05) is 41.5 Å². The third-order valence-electron chi connectivity index (χ3n) is 7.65. The zero-order chi connectivity index (χ0) is 21.6. The summed E-state index contributed by atoms with van der Waals surface area (Å²) in [5, 5.41) is 0.114. The lowest BCUT2D eigenvalue weighted by atomic mass is 9.73. The van der Waals surface area contributed by atoms with E-state index in [0.717, 1.165) is 30.3 Å². The van der Waals surface area contributed by atoms with E-state index in [9.17, 15) is 4.79 Å². The monoisotopic (exact) mass is 426 g/mol. The molecular weight excluding hydrogens is 384 g/mol. The van der Waals surface area contributed by atoms with Crippen LogP contribution in [0, 0.1) is 5.92 Å². The van der Waals surface area contributed by atoms with Gasteiger partial charge >= 0.3 is 5.97 Å². The molecule has 0 N–H and O–H groups in total. The molecule has 0 amide bonds. The molecule has 2 aliphatic rings. The predicted octanol–water partition coefficient (Wildman–Crippen LogP) is 6.40. The molecule has 0 aromatic carbocycles. The Kier molecular flexibility index (Phi) is 6.41. The Labute approximate surface area is 174 Å². The second-order valence-electron chi connectivity index (χ2n) is 10.7. The van der Waals surface area contributed by atoms with Gasteiger partial charge in [0.25, 0.3) is 0 Å². The van der Waals surface area contributed by atoms with Gasteiger partial charge in [-0.2, -0.15) is 0 Å². The van der Waals surface area contributed by atoms with E-state index in [-0.39, 0.29) is 16.9 Å². The summed E-state index contributed by atoms with van der Waals surface area (Å²) in [4.78, 5) is 13.3. The van der Waals surface area contributed by atoms with Crippen molar-refractivity contribution in [1.29, 1.82) is 0 Å². The van der Waals surface area contributed by atoms with Gasteiger partial charge in [0.15, 0.2) is 13.9 Å². The van der Waals surface area contributed by atoms with E-state index in [0.29, 0.717) is 6.42 Å². The SMILES string of the molecule is CC[Si](CC)(CC)O[C@]12CC(O[Si](C)(C)C(C)(C)C)=CC[C@H]1C(C)(C)OC2=O. The minimum absolute atomic E-state index is 0.0378. The van der Waals surface area contributed by atoms with E-state index < -0.39 is 27.8 Å². The number of allylic oxidation sites excluding steroid dienone is 1. The Bertz CT molecular complexity index is 621. The molecule has 162 valence electrons. The van der Waals surface area contributed by atoms with Gasteiger partial charge in [0.1, 0.15) is 5.60 Å². The van der Waals surface area contributed by atoms with Gasteiger partial charge in [-0.3, -0.25) is 0 Å². The van der Waals surface area contributed by atoms with Crippen molar-refractivity contribution in [2.75, 3.05) is 0 Å². The number of hydrogen-bond acceptors (Lipinski definition) is 4. The first-order chi connectivity index (χ1) is 12.7. The number of cyclic esters (lactones) is 1. The molecule has 1 aliphatic carbocycles. The standard InChI is InChI=1S/C22H42O4Si2/c1-11-28(12-2,13-3)26-22-16-17(25-27(9,10)20(4,5)6)14-15-18(22)21(7,8)24-19(22)23/h14,18H,11-13,15-16H2,1-10H3/t18-,22+/m0/s1. The Morgan fingerprint density at radius 3 is 2.14 bits per heavy atom. The molecule has 0 radical (unpaired) electrons. The highest BCUT2D eigenvalue weighted by atomic mass is 28.4. The van der Waals surface area contributed by atoms with Crippen molar-refractivity contribution in [3.8, 4) is 0 Å². The van der Waals surface area contributed by atoms with Gasteiger partial charge in [0.05, 0.1) is 5.76 Å². The molecule has 0 unspecified atom stereocenters. The summed E-state index contributed by atoms with van der Waals surface area (Å²) in [6.45, 7) is 21.9. The van der Waals surface area contributed by atoms with Crippen molar-refractivity contribution in [3.05, 3.63) is 11.8 Å². The van der Waals surface area contributed by atoms with Crippen molar-refractivity contribution >= 4 is 22.6 Å². The lowest BCUT2D eigenvalue weighted by Crippen LogP contribution is -2.56. The van der Waals surface area contributed by atoms with Gasteiger partial charge in [0.2, 0.25) is 8.32 Å². The largest absolute Gasteiger partial charge is 0.547 e. The summed E-state index contributed by atoms with van der Waals surface area (Å²) in [6.07, 6.45) is 3.48. The van der Waals surface area contributed by atoms with Crippen molar-refractivity contribution < 1.29 is 18.4 Å². The topological polar surface area (TPSA) is 44.8 Å². The van der Waals surface area contributed by atoms with Crippen LogP contribution >= 0.6 is 0 Å². The van der Waals surface area contributed by atoms with Crippen molar-refractivity contribution in [3.63, 3.8) is 0 Å². The van der Waals surface area contributed by atoms with Crippen LogP contribution in [0.1, 0.15) is 68.2 Å². The lowest BCUT2D eigenvalue weighted by Gasteiger charge is -2.46. The zero-order valence-electron chi connectivity index (χ0n) is 19.8. The molecule has 0 aromatic heterocycles. The predicted molar refractivity (Wildman–Crippen MR) is 120 cm³/mol. The van der Waals surface area contributed by atoms with E-state index in [4.69, 9.17) is 13.6 Å². The molecule has 1 fully saturated rings. The highest BCUT2D eigenvalue weighted by molar-refractivity contribution is 6.74. The van der Waals surface area contributed by atoms with E-state index in [2.05, 4.69) is 60.7 Å². The van der Waals surface area contributed by atoms with Gasteiger partial charge in [-0.25, -0.2) is 4.79 Å². The highest BCUT2D eigenvalue weighted by Crippen LogP contribution is 2.53. The van der Waals surface area contributed by atoms with Crippen LogP contribution in [-0.2, 0) is 18.4 Å². The van der Waals surface area contributed by atoms with Crippen molar-refractivity contribution in [2.45, 2.75) is 116 Å². The normalized spacial score (nSPS) is 27.9. The minimum Gasteiger partial charge on any atom is -0.547 e. The summed E-state index contributed by atoms with van der Waals surface area (Å²) in [5.74, 6) is 0.790. The number of esters is 1. The fraction of sp³-hybridized carbons (Fsp3) is 0.864. The molecular formula is C22H42O4Si2. The Balaban J connectivity index is 2.44. The van der Waals surface area contributed by atoms with E-state index in [1.807, 2.05) is 13.8 Å². The van der Waals surface area contributed by atoms with Gasteiger partial charge in [0, 0.05) is 12.3 Å². The van der Waals surface area contributed by atoms with Gasteiger partial charge in [-0.15, -0.1) is 0 Å². The fourth-order valence-corrected chi connectivity index (χ4v) is 8.53. The molecule has 28 heavy (non-hydrogen) atoms. The first-order valence-corrected chi connectivity index (χ1v) is 16.4. The van der Waals surface area contributed by atoms with Crippen LogP contribution in [0.25, 0.3) is 0 Å². The third-order valence-corrected chi connectivity index (χ3v) is 16.7. The Morgan fingerprint density at radius 1 is 1.14 bits per heavy atom. The first-order valence-electron chi connectivity index (χ1n) is 11.0. The van der Waals surface area contributed by atoms with Crippen LogP contribution in [0.15, 0.2) is 11.8 Å². The average Bonchev–Trinajstić information content (AvgIpc) is 2.77. The average molecular weight is 427 g/mol. The molecule has 2 rings (SSSR count). The smallest absolute Gasteiger partial charge is 0.338 e. The van der Waals surface area contributed by atoms with Crippen LogP contribution in [0.2, 0.25) is 36.3 Å². The molecule has 0 saturated carbocycles. The van der Waals surface area contributed by atoms with Gasteiger partial charge < -0.3 is 13.6 Å².